The second-order valence-corrected chi connectivity index (χ2v) is 10.4. The molecule has 5 nitrogen and oxygen atoms in total. The summed E-state index contributed by atoms with van der Waals surface area (Å²) in [5.74, 6) is -0.467. The molecule has 0 radical (unpaired) electrons. The fourth-order valence-corrected chi connectivity index (χ4v) is 5.96. The fraction of sp³-hybridized carbons (Fsp3) is 0.115. The molecule has 3 heterocycles. The number of fused-ring (bicyclic) bond motifs is 1. The summed E-state index contributed by atoms with van der Waals surface area (Å²) in [5, 5.41) is 1.94. The summed E-state index contributed by atoms with van der Waals surface area (Å²) in [6, 6.07) is 20.6. The van der Waals surface area contributed by atoms with E-state index < -0.39 is 12.0 Å². The second kappa shape index (κ2) is 9.66. The number of hydrogen-bond acceptors (Lipinski definition) is 6. The highest BCUT2D eigenvalue weighted by molar-refractivity contribution is 9.10. The van der Waals surface area contributed by atoms with Crippen LogP contribution in [0.1, 0.15) is 29.0 Å². The molecule has 1 aliphatic heterocycles. The van der Waals surface area contributed by atoms with Crippen LogP contribution in [0.25, 0.3) is 11.8 Å². The average Bonchev–Trinajstić information content (AvgIpc) is 3.49. The molecule has 8 heteroatoms. The Labute approximate surface area is 212 Å². The highest BCUT2D eigenvalue weighted by Gasteiger charge is 2.35. The van der Waals surface area contributed by atoms with Gasteiger partial charge < -0.3 is 4.74 Å². The van der Waals surface area contributed by atoms with E-state index in [4.69, 9.17) is 9.73 Å². The van der Waals surface area contributed by atoms with Crippen LogP contribution in [0.3, 0.4) is 0 Å². The first kappa shape index (κ1) is 22.7. The van der Waals surface area contributed by atoms with Gasteiger partial charge in [0.25, 0.3) is 5.56 Å². The van der Waals surface area contributed by atoms with Crippen molar-refractivity contribution >= 4 is 56.3 Å². The molecule has 0 spiro atoms. The zero-order valence-electron chi connectivity index (χ0n) is 18.1. The first-order valence-electron chi connectivity index (χ1n) is 10.6. The summed E-state index contributed by atoms with van der Waals surface area (Å²) in [4.78, 5) is 33.2. The van der Waals surface area contributed by atoms with Gasteiger partial charge in [0.2, 0.25) is 0 Å². The van der Waals surface area contributed by atoms with Crippen LogP contribution >= 0.6 is 38.6 Å². The SMILES string of the molecule is CCOC(=O)C1=C(c2ccccc2)N=c2sc(=Cc3ccc(Br)cc3)c(=O)n2C1c1cccs1. The van der Waals surface area contributed by atoms with Crippen LogP contribution in [-0.4, -0.2) is 17.1 Å². The van der Waals surface area contributed by atoms with Crippen molar-refractivity contribution in [1.82, 2.24) is 4.57 Å². The molecule has 1 aliphatic rings. The molecular formula is C26H19BrN2O3S2. The van der Waals surface area contributed by atoms with Crippen LogP contribution < -0.4 is 14.9 Å². The molecule has 0 saturated carbocycles. The van der Waals surface area contributed by atoms with Crippen LogP contribution in [0.5, 0.6) is 0 Å². The lowest BCUT2D eigenvalue weighted by Crippen LogP contribution is -2.39. The maximum Gasteiger partial charge on any atom is 0.338 e. The molecule has 2 aromatic heterocycles. The molecule has 0 bridgehead atoms. The van der Waals surface area contributed by atoms with Gasteiger partial charge in [-0.1, -0.05) is 75.8 Å². The van der Waals surface area contributed by atoms with E-state index in [1.54, 1.807) is 11.5 Å². The molecule has 0 saturated heterocycles. The lowest BCUT2D eigenvalue weighted by Gasteiger charge is -2.24. The van der Waals surface area contributed by atoms with Crippen molar-refractivity contribution in [3.63, 3.8) is 0 Å². The predicted octanol–water partition coefficient (Wildman–Crippen LogP) is 4.76. The minimum absolute atomic E-state index is 0.182. The monoisotopic (exact) mass is 550 g/mol. The summed E-state index contributed by atoms with van der Waals surface area (Å²) >= 11 is 6.26. The minimum atomic E-state index is -0.613. The Morgan fingerprint density at radius 2 is 1.88 bits per heavy atom. The van der Waals surface area contributed by atoms with Gasteiger partial charge in [-0.2, -0.15) is 0 Å². The Hall–Kier alpha value is -3.07. The van der Waals surface area contributed by atoms with E-state index in [1.807, 2.05) is 78.2 Å². The van der Waals surface area contributed by atoms with Gasteiger partial charge in [-0.3, -0.25) is 9.36 Å². The Kier molecular flexibility index (Phi) is 6.45. The topological polar surface area (TPSA) is 60.7 Å². The van der Waals surface area contributed by atoms with Crippen LogP contribution in [-0.2, 0) is 9.53 Å². The Balaban J connectivity index is 1.81. The van der Waals surface area contributed by atoms with Crippen molar-refractivity contribution in [1.29, 1.82) is 0 Å². The van der Waals surface area contributed by atoms with E-state index >= 15 is 0 Å². The van der Waals surface area contributed by atoms with E-state index in [9.17, 15) is 9.59 Å². The van der Waals surface area contributed by atoms with E-state index in [-0.39, 0.29) is 12.2 Å². The van der Waals surface area contributed by atoms with Crippen molar-refractivity contribution in [2.45, 2.75) is 13.0 Å². The molecule has 5 rings (SSSR count). The number of aromatic nitrogens is 1. The molecule has 170 valence electrons. The molecule has 0 N–H and O–H groups in total. The second-order valence-electron chi connectivity index (χ2n) is 7.50. The van der Waals surface area contributed by atoms with Crippen LogP contribution in [0.4, 0.5) is 0 Å². The maximum absolute atomic E-state index is 13.7. The van der Waals surface area contributed by atoms with Gasteiger partial charge in [0.05, 0.1) is 22.4 Å². The number of thiophene rings is 1. The van der Waals surface area contributed by atoms with Gasteiger partial charge in [0.1, 0.15) is 6.04 Å². The number of esters is 1. The molecule has 1 unspecified atom stereocenters. The number of rotatable bonds is 5. The van der Waals surface area contributed by atoms with Gasteiger partial charge in [0.15, 0.2) is 4.80 Å². The van der Waals surface area contributed by atoms with Crippen LogP contribution in [0.15, 0.2) is 91.9 Å². The number of carbonyl (C=O) groups excluding carboxylic acids is 1. The van der Waals surface area contributed by atoms with E-state index in [0.717, 1.165) is 20.5 Å². The van der Waals surface area contributed by atoms with Crippen LogP contribution in [0.2, 0.25) is 0 Å². The number of carbonyl (C=O) groups is 1. The zero-order valence-corrected chi connectivity index (χ0v) is 21.3. The summed E-state index contributed by atoms with van der Waals surface area (Å²) in [6.45, 7) is 2.00. The van der Waals surface area contributed by atoms with Crippen molar-refractivity contribution in [2.24, 2.45) is 4.99 Å². The van der Waals surface area contributed by atoms with Gasteiger partial charge in [0, 0.05) is 14.9 Å². The van der Waals surface area contributed by atoms with Crippen LogP contribution in [0, 0.1) is 0 Å². The molecule has 34 heavy (non-hydrogen) atoms. The number of halogens is 1. The third kappa shape index (κ3) is 4.24. The standard InChI is InChI=1S/C26H19BrN2O3S2/c1-2-32-25(31)21-22(17-7-4-3-5-8-17)28-26-29(23(21)19-9-6-14-33-19)24(30)20(34-26)15-16-10-12-18(27)13-11-16/h3-15,23H,2H2,1H3. The highest BCUT2D eigenvalue weighted by Crippen LogP contribution is 2.36. The summed E-state index contributed by atoms with van der Waals surface area (Å²) < 4.78 is 8.60. The Bertz CT molecular complexity index is 1550. The molecule has 0 amide bonds. The summed E-state index contributed by atoms with van der Waals surface area (Å²) in [7, 11) is 0. The van der Waals surface area contributed by atoms with E-state index in [0.29, 0.717) is 20.6 Å². The lowest BCUT2D eigenvalue weighted by atomic mass is 9.97. The number of nitrogens with zero attached hydrogens (tertiary/aromatic N) is 2. The van der Waals surface area contributed by atoms with Gasteiger partial charge in [-0.15, -0.1) is 11.3 Å². The lowest BCUT2D eigenvalue weighted by molar-refractivity contribution is -0.138. The van der Waals surface area contributed by atoms with Crippen molar-refractivity contribution in [3.8, 4) is 0 Å². The third-order valence-electron chi connectivity index (χ3n) is 5.35. The molecular weight excluding hydrogens is 532 g/mol. The first-order chi connectivity index (χ1) is 16.6. The van der Waals surface area contributed by atoms with Crippen molar-refractivity contribution < 1.29 is 9.53 Å². The summed E-state index contributed by atoms with van der Waals surface area (Å²) in [6.07, 6.45) is 1.86. The molecule has 4 aromatic rings. The summed E-state index contributed by atoms with van der Waals surface area (Å²) in [5.41, 5.74) is 2.44. The Morgan fingerprint density at radius 1 is 1.12 bits per heavy atom. The molecule has 2 aromatic carbocycles. The van der Waals surface area contributed by atoms with E-state index in [2.05, 4.69) is 15.9 Å². The van der Waals surface area contributed by atoms with Crippen molar-refractivity contribution in [3.05, 3.63) is 118 Å². The number of benzene rings is 2. The number of ether oxygens (including phenoxy) is 1. The third-order valence-corrected chi connectivity index (χ3v) is 7.79. The largest absolute Gasteiger partial charge is 0.463 e. The number of hydrogen-bond donors (Lipinski definition) is 0. The zero-order chi connectivity index (χ0) is 23.7. The normalized spacial score (nSPS) is 15.7. The molecule has 0 aliphatic carbocycles. The van der Waals surface area contributed by atoms with Gasteiger partial charge >= 0.3 is 5.97 Å². The maximum atomic E-state index is 13.7. The van der Waals surface area contributed by atoms with Gasteiger partial charge in [-0.25, -0.2) is 9.79 Å². The Morgan fingerprint density at radius 3 is 2.56 bits per heavy atom. The fourth-order valence-electron chi connectivity index (χ4n) is 3.87. The predicted molar refractivity (Wildman–Crippen MR) is 140 cm³/mol. The van der Waals surface area contributed by atoms with Crippen molar-refractivity contribution in [2.75, 3.05) is 6.61 Å². The number of thiazole rings is 1. The quantitative estimate of drug-likeness (QED) is 0.336. The van der Waals surface area contributed by atoms with E-state index in [1.165, 1.54) is 22.7 Å². The smallest absolute Gasteiger partial charge is 0.338 e. The highest BCUT2D eigenvalue weighted by atomic mass is 79.9. The first-order valence-corrected chi connectivity index (χ1v) is 13.1. The minimum Gasteiger partial charge on any atom is -0.463 e. The molecule has 0 fully saturated rings. The molecule has 1 atom stereocenters. The average molecular weight is 551 g/mol. The van der Waals surface area contributed by atoms with Gasteiger partial charge in [-0.05, 0) is 42.1 Å².